The number of benzene rings is 1. The number of nitrogens with zero attached hydrogens (tertiary/aromatic N) is 2. The van der Waals surface area contributed by atoms with Crippen molar-refractivity contribution < 1.29 is 14.7 Å². The Labute approximate surface area is 169 Å². The molecule has 1 N–H and O–H groups in total. The molecule has 0 saturated heterocycles. The predicted octanol–water partition coefficient (Wildman–Crippen LogP) is 4.64. The van der Waals surface area contributed by atoms with Crippen LogP contribution in [0.3, 0.4) is 0 Å². The number of aliphatic hydroxyl groups excluding tert-OH is 1. The Bertz CT molecular complexity index is 720. The monoisotopic (exact) mass is 386 g/mol. The van der Waals surface area contributed by atoms with E-state index in [-0.39, 0.29) is 23.0 Å². The Morgan fingerprint density at radius 3 is 2.32 bits per heavy atom. The number of carbonyl (C=O) groups excluding carboxylic acids is 2. The van der Waals surface area contributed by atoms with Gasteiger partial charge in [-0.15, -0.1) is 0 Å². The minimum atomic E-state index is -0.503. The molecule has 0 bridgehead atoms. The second kappa shape index (κ2) is 9.76. The van der Waals surface area contributed by atoms with Gasteiger partial charge in [-0.25, -0.2) is 0 Å². The third-order valence-electron chi connectivity index (χ3n) is 5.18. The number of ketones is 1. The lowest BCUT2D eigenvalue weighted by Crippen LogP contribution is -2.32. The number of aliphatic hydroxyl groups is 1. The molecule has 0 saturated carbocycles. The highest BCUT2D eigenvalue weighted by Crippen LogP contribution is 2.39. The number of carbonyl (C=O) groups is 2. The van der Waals surface area contributed by atoms with E-state index in [2.05, 4.69) is 6.92 Å². The molecule has 0 spiro atoms. The summed E-state index contributed by atoms with van der Waals surface area (Å²) in [6, 6.07) is 7.36. The van der Waals surface area contributed by atoms with Gasteiger partial charge in [0.15, 0.2) is 11.5 Å². The van der Waals surface area contributed by atoms with Crippen molar-refractivity contribution in [1.82, 2.24) is 4.90 Å². The van der Waals surface area contributed by atoms with Crippen LogP contribution in [0.5, 0.6) is 0 Å². The van der Waals surface area contributed by atoms with Crippen molar-refractivity contribution >= 4 is 17.4 Å². The third-order valence-corrected chi connectivity index (χ3v) is 5.18. The van der Waals surface area contributed by atoms with Gasteiger partial charge >= 0.3 is 0 Å². The Morgan fingerprint density at radius 2 is 1.79 bits per heavy atom. The lowest BCUT2D eigenvalue weighted by molar-refractivity contribution is -0.129. The number of rotatable bonds is 10. The molecule has 0 aromatic heterocycles. The van der Waals surface area contributed by atoms with Gasteiger partial charge in [-0.3, -0.25) is 9.59 Å². The Kier molecular flexibility index (Phi) is 7.67. The fraction of sp³-hybridized carbons (Fsp3) is 0.565. The molecule has 1 unspecified atom stereocenters. The van der Waals surface area contributed by atoms with Crippen LogP contribution in [-0.4, -0.2) is 42.3 Å². The Balaban J connectivity index is 2.37. The van der Waals surface area contributed by atoms with Gasteiger partial charge in [0.25, 0.3) is 5.91 Å². The molecule has 1 aliphatic heterocycles. The van der Waals surface area contributed by atoms with Crippen LogP contribution in [0.2, 0.25) is 0 Å². The molecule has 1 heterocycles. The summed E-state index contributed by atoms with van der Waals surface area (Å²) >= 11 is 0. The molecule has 0 fully saturated rings. The van der Waals surface area contributed by atoms with E-state index in [0.29, 0.717) is 13.0 Å². The van der Waals surface area contributed by atoms with Gasteiger partial charge in [-0.2, -0.15) is 0 Å². The fourth-order valence-electron chi connectivity index (χ4n) is 3.66. The molecule has 1 aliphatic rings. The zero-order valence-corrected chi connectivity index (χ0v) is 17.9. The zero-order chi connectivity index (χ0) is 20.8. The topological polar surface area (TPSA) is 60.9 Å². The van der Waals surface area contributed by atoms with E-state index in [0.717, 1.165) is 36.9 Å². The lowest BCUT2D eigenvalue weighted by Gasteiger charge is -2.27. The van der Waals surface area contributed by atoms with Crippen LogP contribution in [0.4, 0.5) is 5.69 Å². The first kappa shape index (κ1) is 22.0. The number of amides is 1. The van der Waals surface area contributed by atoms with Crippen molar-refractivity contribution in [3.8, 4) is 0 Å². The molecule has 28 heavy (non-hydrogen) atoms. The molecule has 1 aromatic carbocycles. The SMILES string of the molecule is CCCCCCN1C(=O)C(O)=C(C(=O)CC(C)C)C1c1ccc(N(C)C)cc1. The third kappa shape index (κ3) is 4.94. The lowest BCUT2D eigenvalue weighted by atomic mass is 9.92. The number of unbranched alkanes of at least 4 members (excludes halogenated alkanes) is 3. The maximum absolute atomic E-state index is 12.9. The van der Waals surface area contributed by atoms with Crippen molar-refractivity contribution in [2.24, 2.45) is 5.92 Å². The summed E-state index contributed by atoms with van der Waals surface area (Å²) in [5, 5.41) is 10.5. The molecule has 1 aromatic rings. The van der Waals surface area contributed by atoms with Gasteiger partial charge in [0.05, 0.1) is 11.6 Å². The number of anilines is 1. The second-order valence-electron chi connectivity index (χ2n) is 8.23. The number of hydrogen-bond donors (Lipinski definition) is 1. The van der Waals surface area contributed by atoms with Crippen molar-refractivity contribution in [3.05, 3.63) is 41.2 Å². The normalized spacial score (nSPS) is 17.0. The van der Waals surface area contributed by atoms with E-state index >= 15 is 0 Å². The molecular weight excluding hydrogens is 352 g/mol. The second-order valence-corrected chi connectivity index (χ2v) is 8.23. The minimum Gasteiger partial charge on any atom is -0.503 e. The van der Waals surface area contributed by atoms with Crippen molar-refractivity contribution in [3.63, 3.8) is 0 Å². The molecule has 1 amide bonds. The number of Topliss-reactive ketones (excluding diaryl/α,β-unsaturated/α-hetero) is 1. The van der Waals surface area contributed by atoms with Crippen LogP contribution in [0.1, 0.15) is 64.5 Å². The smallest absolute Gasteiger partial charge is 0.290 e. The van der Waals surface area contributed by atoms with E-state index < -0.39 is 11.9 Å². The van der Waals surface area contributed by atoms with Crippen molar-refractivity contribution in [2.75, 3.05) is 25.5 Å². The maximum Gasteiger partial charge on any atom is 0.290 e. The summed E-state index contributed by atoms with van der Waals surface area (Å²) in [6.07, 6.45) is 4.45. The van der Waals surface area contributed by atoms with Crippen molar-refractivity contribution in [2.45, 2.75) is 58.9 Å². The van der Waals surface area contributed by atoms with Crippen LogP contribution in [0.25, 0.3) is 0 Å². The quantitative estimate of drug-likeness (QED) is 0.595. The van der Waals surface area contributed by atoms with Crippen LogP contribution in [0, 0.1) is 5.92 Å². The van der Waals surface area contributed by atoms with Crippen molar-refractivity contribution in [1.29, 1.82) is 0 Å². The summed E-state index contributed by atoms with van der Waals surface area (Å²) in [6.45, 7) is 6.62. The summed E-state index contributed by atoms with van der Waals surface area (Å²) in [7, 11) is 3.94. The maximum atomic E-state index is 12.9. The summed E-state index contributed by atoms with van der Waals surface area (Å²) < 4.78 is 0. The van der Waals surface area contributed by atoms with Gasteiger partial charge in [-0.05, 0) is 30.0 Å². The molecule has 154 valence electrons. The molecule has 2 rings (SSSR count). The van der Waals surface area contributed by atoms with Gasteiger partial charge < -0.3 is 14.9 Å². The first-order valence-corrected chi connectivity index (χ1v) is 10.3. The Morgan fingerprint density at radius 1 is 1.14 bits per heavy atom. The summed E-state index contributed by atoms with van der Waals surface area (Å²) in [5.74, 6) is -0.773. The Hall–Kier alpha value is -2.30. The zero-order valence-electron chi connectivity index (χ0n) is 17.9. The molecular formula is C23H34N2O3. The number of hydrogen-bond acceptors (Lipinski definition) is 4. The average Bonchev–Trinajstić information content (AvgIpc) is 2.89. The van der Waals surface area contributed by atoms with Gasteiger partial charge in [0.1, 0.15) is 0 Å². The predicted molar refractivity (Wildman–Crippen MR) is 113 cm³/mol. The van der Waals surface area contributed by atoms with E-state index in [1.165, 1.54) is 0 Å². The fourth-order valence-corrected chi connectivity index (χ4v) is 3.66. The van der Waals surface area contributed by atoms with Crippen LogP contribution in [0.15, 0.2) is 35.6 Å². The molecule has 0 aliphatic carbocycles. The van der Waals surface area contributed by atoms with Crippen LogP contribution >= 0.6 is 0 Å². The highest BCUT2D eigenvalue weighted by molar-refractivity contribution is 6.09. The highest BCUT2D eigenvalue weighted by Gasteiger charge is 2.42. The summed E-state index contributed by atoms with van der Waals surface area (Å²) in [4.78, 5) is 29.3. The van der Waals surface area contributed by atoms with Crippen LogP contribution in [-0.2, 0) is 9.59 Å². The first-order chi connectivity index (χ1) is 13.3. The molecule has 5 heteroatoms. The molecule has 5 nitrogen and oxygen atoms in total. The van der Waals surface area contributed by atoms with E-state index in [1.807, 2.05) is 57.1 Å². The van der Waals surface area contributed by atoms with E-state index in [1.54, 1.807) is 4.90 Å². The van der Waals surface area contributed by atoms with E-state index in [9.17, 15) is 14.7 Å². The highest BCUT2D eigenvalue weighted by atomic mass is 16.3. The average molecular weight is 387 g/mol. The van der Waals surface area contributed by atoms with Gasteiger partial charge in [0.2, 0.25) is 0 Å². The molecule has 1 atom stereocenters. The first-order valence-electron chi connectivity index (χ1n) is 10.3. The minimum absolute atomic E-state index is 0.140. The van der Waals surface area contributed by atoms with E-state index in [4.69, 9.17) is 0 Å². The van der Waals surface area contributed by atoms with Gasteiger partial charge in [0, 0.05) is 32.7 Å². The van der Waals surface area contributed by atoms with Gasteiger partial charge in [-0.1, -0.05) is 52.2 Å². The van der Waals surface area contributed by atoms with Crippen LogP contribution < -0.4 is 4.90 Å². The largest absolute Gasteiger partial charge is 0.503 e. The standard InChI is InChI=1S/C23H34N2O3/c1-6-7-8-9-14-25-21(17-10-12-18(13-11-17)24(4)5)20(22(27)23(25)28)19(26)15-16(2)3/h10-13,16,21,27H,6-9,14-15H2,1-5H3. The summed E-state index contributed by atoms with van der Waals surface area (Å²) in [5.41, 5.74) is 2.17. The molecule has 0 radical (unpaired) electrons.